The van der Waals surface area contributed by atoms with E-state index in [0.717, 1.165) is 61.3 Å². The largest absolute Gasteiger partial charge is 0.456 e. The van der Waals surface area contributed by atoms with Crippen LogP contribution in [0.15, 0.2) is 211 Å². The lowest BCUT2D eigenvalue weighted by Crippen LogP contribution is -2.13. The summed E-state index contributed by atoms with van der Waals surface area (Å²) in [4.78, 5) is 2.45. The van der Waals surface area contributed by atoms with Crippen LogP contribution in [0.25, 0.3) is 77.2 Å². The van der Waals surface area contributed by atoms with Gasteiger partial charge >= 0.3 is 0 Å². The van der Waals surface area contributed by atoms with E-state index in [-0.39, 0.29) is 5.41 Å². The highest BCUT2D eigenvalue weighted by atomic mass is 16.3. The van der Waals surface area contributed by atoms with Crippen LogP contribution < -0.4 is 4.90 Å². The van der Waals surface area contributed by atoms with Gasteiger partial charge in [-0.25, -0.2) is 0 Å². The number of hydrogen-bond donors (Lipinski definition) is 0. The Hall–Kier alpha value is -7.16. The first kappa shape index (κ1) is 35.3. The molecular formula is C56H43NO. The van der Waals surface area contributed by atoms with E-state index < -0.39 is 0 Å². The molecule has 0 spiro atoms. The fourth-order valence-corrected chi connectivity index (χ4v) is 8.52. The van der Waals surface area contributed by atoms with Gasteiger partial charge in [0, 0.05) is 27.6 Å². The van der Waals surface area contributed by atoms with Crippen LogP contribution in [0, 0.1) is 0 Å². The van der Waals surface area contributed by atoms with Gasteiger partial charge in [0.25, 0.3) is 0 Å². The highest BCUT2D eigenvalue weighted by molar-refractivity contribution is 6.09. The smallest absolute Gasteiger partial charge is 0.136 e. The highest BCUT2D eigenvalue weighted by Gasteiger charge is 2.23. The van der Waals surface area contributed by atoms with E-state index in [1.807, 2.05) is 12.1 Å². The highest BCUT2D eigenvalue weighted by Crippen LogP contribution is 2.48. The zero-order valence-electron chi connectivity index (χ0n) is 33.0. The van der Waals surface area contributed by atoms with E-state index in [9.17, 15) is 0 Å². The van der Waals surface area contributed by atoms with Crippen LogP contribution in [0.1, 0.15) is 26.3 Å². The molecule has 278 valence electrons. The second-order valence-corrected chi connectivity index (χ2v) is 16.1. The van der Waals surface area contributed by atoms with Crippen LogP contribution >= 0.6 is 0 Å². The van der Waals surface area contributed by atoms with E-state index in [4.69, 9.17) is 4.42 Å². The van der Waals surface area contributed by atoms with Crippen molar-refractivity contribution in [1.29, 1.82) is 0 Å². The van der Waals surface area contributed by atoms with Gasteiger partial charge in [-0.1, -0.05) is 185 Å². The second kappa shape index (κ2) is 14.4. The number of anilines is 3. The van der Waals surface area contributed by atoms with E-state index in [1.165, 1.54) is 38.6 Å². The average molecular weight is 746 g/mol. The SMILES string of the molecule is CC(C)(C)c1ccc(-c2ccccc2N(c2cccc(-c3ccc4c(c3)oc3ccccc34)c2)c2ccccc2-c2cccc3cccc(-c4ccccc4)c23)cc1. The summed E-state index contributed by atoms with van der Waals surface area (Å²) < 4.78 is 6.36. The third-order valence-corrected chi connectivity index (χ3v) is 11.4. The topological polar surface area (TPSA) is 16.4 Å². The number of nitrogens with zero attached hydrogens (tertiary/aromatic N) is 1. The van der Waals surface area contributed by atoms with Gasteiger partial charge in [0.1, 0.15) is 11.2 Å². The first-order valence-corrected chi connectivity index (χ1v) is 20.1. The molecule has 0 amide bonds. The molecule has 10 aromatic rings. The summed E-state index contributed by atoms with van der Waals surface area (Å²) in [5.41, 5.74) is 15.8. The predicted octanol–water partition coefficient (Wildman–Crippen LogP) is 16.2. The van der Waals surface area contributed by atoms with Crippen LogP contribution in [0.2, 0.25) is 0 Å². The van der Waals surface area contributed by atoms with Crippen molar-refractivity contribution >= 4 is 49.8 Å². The Balaban J connectivity index is 1.20. The fourth-order valence-electron chi connectivity index (χ4n) is 8.52. The normalized spacial score (nSPS) is 11.7. The number of hydrogen-bond acceptors (Lipinski definition) is 2. The number of fused-ring (bicyclic) bond motifs is 4. The van der Waals surface area contributed by atoms with Gasteiger partial charge in [-0.3, -0.25) is 0 Å². The van der Waals surface area contributed by atoms with Gasteiger partial charge in [-0.15, -0.1) is 0 Å². The molecule has 0 saturated heterocycles. The lowest BCUT2D eigenvalue weighted by molar-refractivity contribution is 0.590. The van der Waals surface area contributed by atoms with E-state index in [1.54, 1.807) is 0 Å². The number of furan rings is 1. The molecule has 1 heterocycles. The molecule has 2 heteroatoms. The Morgan fingerprint density at radius 1 is 0.379 bits per heavy atom. The maximum Gasteiger partial charge on any atom is 0.136 e. The zero-order valence-corrected chi connectivity index (χ0v) is 33.0. The Kier molecular flexibility index (Phi) is 8.76. The van der Waals surface area contributed by atoms with Gasteiger partial charge in [0.05, 0.1) is 11.4 Å². The van der Waals surface area contributed by atoms with Gasteiger partial charge in [0.2, 0.25) is 0 Å². The van der Waals surface area contributed by atoms with Crippen molar-refractivity contribution < 1.29 is 4.42 Å². The van der Waals surface area contributed by atoms with Crippen molar-refractivity contribution in [3.05, 3.63) is 212 Å². The number of rotatable bonds is 7. The Labute approximate surface area is 340 Å². The monoisotopic (exact) mass is 745 g/mol. The minimum absolute atomic E-state index is 0.0614. The van der Waals surface area contributed by atoms with Crippen molar-refractivity contribution in [3.63, 3.8) is 0 Å². The summed E-state index contributed by atoms with van der Waals surface area (Å²) in [7, 11) is 0. The van der Waals surface area contributed by atoms with Crippen LogP contribution in [-0.2, 0) is 5.41 Å². The molecule has 0 N–H and O–H groups in total. The molecule has 0 saturated carbocycles. The van der Waals surface area contributed by atoms with Crippen molar-refractivity contribution in [3.8, 4) is 44.5 Å². The second-order valence-electron chi connectivity index (χ2n) is 16.1. The molecule has 0 aliphatic carbocycles. The molecule has 2 nitrogen and oxygen atoms in total. The van der Waals surface area contributed by atoms with Gasteiger partial charge in [0.15, 0.2) is 0 Å². The molecule has 0 aliphatic heterocycles. The summed E-state index contributed by atoms with van der Waals surface area (Å²) in [5.74, 6) is 0. The first-order valence-electron chi connectivity index (χ1n) is 20.1. The standard InChI is InChI=1S/C56H43NO/c1-56(2,3)43-33-30-39(31-34-43)45-22-7-10-27-51(45)57(44-21-13-20-41(36-44)42-32-35-49-48-24-9-12-29-53(48)58-54(49)37-42)52-28-11-8-23-47(52)50-26-15-19-40-18-14-25-46(55(40)50)38-16-5-4-6-17-38/h4-37H,1-3H3. The third kappa shape index (κ3) is 6.33. The van der Waals surface area contributed by atoms with Gasteiger partial charge in [-0.2, -0.15) is 0 Å². The Bertz CT molecular complexity index is 3090. The summed E-state index contributed by atoms with van der Waals surface area (Å²) >= 11 is 0. The van der Waals surface area contributed by atoms with E-state index >= 15 is 0 Å². The Morgan fingerprint density at radius 3 is 1.71 bits per heavy atom. The number of benzene rings is 9. The van der Waals surface area contributed by atoms with Crippen LogP contribution in [0.3, 0.4) is 0 Å². The lowest BCUT2D eigenvalue weighted by Gasteiger charge is -2.30. The maximum absolute atomic E-state index is 6.36. The van der Waals surface area contributed by atoms with Gasteiger partial charge < -0.3 is 9.32 Å². The lowest BCUT2D eigenvalue weighted by atomic mass is 9.86. The summed E-state index contributed by atoms with van der Waals surface area (Å²) in [5, 5.41) is 4.71. The molecular weight excluding hydrogens is 703 g/mol. The van der Waals surface area contributed by atoms with Crippen LogP contribution in [-0.4, -0.2) is 0 Å². The van der Waals surface area contributed by atoms with Crippen molar-refractivity contribution in [2.45, 2.75) is 26.2 Å². The number of para-hydroxylation sites is 3. The molecule has 0 aliphatic rings. The van der Waals surface area contributed by atoms with Crippen LogP contribution in [0.5, 0.6) is 0 Å². The minimum atomic E-state index is 0.0614. The summed E-state index contributed by atoms with van der Waals surface area (Å²) in [6, 6.07) is 74.7. The first-order chi connectivity index (χ1) is 28.4. The molecule has 58 heavy (non-hydrogen) atoms. The zero-order chi connectivity index (χ0) is 39.2. The van der Waals surface area contributed by atoms with Gasteiger partial charge in [-0.05, 0) is 97.6 Å². The molecule has 0 fully saturated rings. The molecule has 10 rings (SSSR count). The Morgan fingerprint density at radius 2 is 0.931 bits per heavy atom. The van der Waals surface area contributed by atoms with Crippen LogP contribution in [0.4, 0.5) is 17.1 Å². The quantitative estimate of drug-likeness (QED) is 0.162. The summed E-state index contributed by atoms with van der Waals surface area (Å²) in [6.45, 7) is 6.80. The fraction of sp³-hybridized carbons (Fsp3) is 0.0714. The molecule has 9 aromatic carbocycles. The maximum atomic E-state index is 6.36. The molecule has 0 radical (unpaired) electrons. The summed E-state index contributed by atoms with van der Waals surface area (Å²) in [6.07, 6.45) is 0. The average Bonchev–Trinajstić information content (AvgIpc) is 3.65. The van der Waals surface area contributed by atoms with E-state index in [0.29, 0.717) is 0 Å². The molecule has 1 aromatic heterocycles. The predicted molar refractivity (Wildman–Crippen MR) is 246 cm³/mol. The minimum Gasteiger partial charge on any atom is -0.456 e. The molecule has 0 atom stereocenters. The van der Waals surface area contributed by atoms with Crippen molar-refractivity contribution in [1.82, 2.24) is 0 Å². The third-order valence-electron chi connectivity index (χ3n) is 11.4. The van der Waals surface area contributed by atoms with Crippen molar-refractivity contribution in [2.24, 2.45) is 0 Å². The molecule has 0 bridgehead atoms. The van der Waals surface area contributed by atoms with E-state index in [2.05, 4.69) is 220 Å². The molecule has 0 unspecified atom stereocenters. The van der Waals surface area contributed by atoms with Crippen molar-refractivity contribution in [2.75, 3.05) is 4.90 Å².